The number of nitrogens with zero attached hydrogens (tertiary/aromatic N) is 4. The highest BCUT2D eigenvalue weighted by molar-refractivity contribution is 7.98. The standard InChI is InChI=1S/C22H20ClN5O3S/c1-29-17-9-5-7-15(21(17)30-2)22-27-19(31-28-22)12-32-20-10-18(25-13-26-20)24-11-14-6-3-4-8-16(14)23/h3-10,13H,11-12H2,1-2H3,(H,24,25,26). The van der Waals surface area contributed by atoms with Crippen LogP contribution in [-0.2, 0) is 12.3 Å². The lowest BCUT2D eigenvalue weighted by Crippen LogP contribution is -2.02. The van der Waals surface area contributed by atoms with Crippen LogP contribution in [0.2, 0.25) is 5.02 Å². The molecule has 0 aliphatic carbocycles. The van der Waals surface area contributed by atoms with Crippen molar-refractivity contribution in [1.82, 2.24) is 20.1 Å². The third kappa shape index (κ3) is 5.12. The van der Waals surface area contributed by atoms with Gasteiger partial charge in [0.1, 0.15) is 17.2 Å². The largest absolute Gasteiger partial charge is 0.493 e. The van der Waals surface area contributed by atoms with Gasteiger partial charge < -0.3 is 19.3 Å². The quantitative estimate of drug-likeness (QED) is 0.265. The monoisotopic (exact) mass is 469 g/mol. The van der Waals surface area contributed by atoms with E-state index >= 15 is 0 Å². The molecule has 4 rings (SSSR count). The molecular formula is C22H20ClN5O3S. The van der Waals surface area contributed by atoms with E-state index in [1.807, 2.05) is 48.5 Å². The summed E-state index contributed by atoms with van der Waals surface area (Å²) in [7, 11) is 3.16. The van der Waals surface area contributed by atoms with Gasteiger partial charge in [0.15, 0.2) is 11.5 Å². The van der Waals surface area contributed by atoms with Crippen LogP contribution in [0.15, 0.2) is 64.4 Å². The number of para-hydroxylation sites is 1. The van der Waals surface area contributed by atoms with E-state index in [9.17, 15) is 0 Å². The van der Waals surface area contributed by atoms with Gasteiger partial charge in [0.25, 0.3) is 0 Å². The molecule has 1 N–H and O–H groups in total. The summed E-state index contributed by atoms with van der Waals surface area (Å²) in [5, 5.41) is 8.83. The van der Waals surface area contributed by atoms with Gasteiger partial charge in [-0.15, -0.1) is 0 Å². The highest BCUT2D eigenvalue weighted by atomic mass is 35.5. The van der Waals surface area contributed by atoms with Crippen molar-refractivity contribution in [2.45, 2.75) is 17.3 Å². The van der Waals surface area contributed by atoms with E-state index in [0.717, 1.165) is 10.6 Å². The molecule has 0 amide bonds. The summed E-state index contributed by atoms with van der Waals surface area (Å²) in [6, 6.07) is 15.1. The predicted molar refractivity (Wildman–Crippen MR) is 123 cm³/mol. The smallest absolute Gasteiger partial charge is 0.237 e. The van der Waals surface area contributed by atoms with Crippen LogP contribution in [0.3, 0.4) is 0 Å². The lowest BCUT2D eigenvalue weighted by Gasteiger charge is -2.09. The van der Waals surface area contributed by atoms with E-state index in [1.54, 1.807) is 14.2 Å². The first kappa shape index (κ1) is 21.9. The molecule has 0 aliphatic rings. The van der Waals surface area contributed by atoms with Gasteiger partial charge >= 0.3 is 0 Å². The van der Waals surface area contributed by atoms with Gasteiger partial charge in [0.05, 0.1) is 25.5 Å². The van der Waals surface area contributed by atoms with Gasteiger partial charge in [-0.25, -0.2) is 9.97 Å². The lowest BCUT2D eigenvalue weighted by molar-refractivity contribution is 0.355. The van der Waals surface area contributed by atoms with Crippen molar-refractivity contribution in [1.29, 1.82) is 0 Å². The summed E-state index contributed by atoms with van der Waals surface area (Å²) in [6.45, 7) is 0.566. The van der Waals surface area contributed by atoms with Gasteiger partial charge in [-0.1, -0.05) is 52.8 Å². The fourth-order valence-corrected chi connectivity index (χ4v) is 3.87. The zero-order valence-electron chi connectivity index (χ0n) is 17.4. The molecule has 2 aromatic heterocycles. The van der Waals surface area contributed by atoms with Crippen molar-refractivity contribution in [3.63, 3.8) is 0 Å². The number of nitrogens with one attached hydrogen (secondary N) is 1. The minimum atomic E-state index is 0.432. The summed E-state index contributed by atoms with van der Waals surface area (Å²) in [5.41, 5.74) is 1.69. The zero-order valence-corrected chi connectivity index (χ0v) is 19.0. The summed E-state index contributed by atoms with van der Waals surface area (Å²) in [5.74, 6) is 3.22. The van der Waals surface area contributed by atoms with E-state index in [4.69, 9.17) is 25.6 Å². The Bertz CT molecular complexity index is 1200. The van der Waals surface area contributed by atoms with Crippen LogP contribution < -0.4 is 14.8 Å². The van der Waals surface area contributed by atoms with Crippen molar-refractivity contribution < 1.29 is 14.0 Å². The zero-order chi connectivity index (χ0) is 22.3. The first-order valence-corrected chi connectivity index (χ1v) is 11.0. The molecule has 0 aliphatic heterocycles. The lowest BCUT2D eigenvalue weighted by atomic mass is 10.2. The predicted octanol–water partition coefficient (Wildman–Crippen LogP) is 5.10. The highest BCUT2D eigenvalue weighted by Gasteiger charge is 2.17. The second-order valence-electron chi connectivity index (χ2n) is 6.53. The van der Waals surface area contributed by atoms with Crippen LogP contribution >= 0.6 is 23.4 Å². The minimum Gasteiger partial charge on any atom is -0.493 e. The number of hydrogen-bond donors (Lipinski definition) is 1. The van der Waals surface area contributed by atoms with Gasteiger partial charge in [-0.2, -0.15) is 4.98 Å². The Morgan fingerprint density at radius 3 is 2.75 bits per heavy atom. The molecule has 2 heterocycles. The maximum atomic E-state index is 6.21. The average Bonchev–Trinajstić information content (AvgIpc) is 3.31. The molecule has 0 atom stereocenters. The van der Waals surface area contributed by atoms with Crippen LogP contribution in [0.5, 0.6) is 11.5 Å². The summed E-state index contributed by atoms with van der Waals surface area (Å²) < 4.78 is 16.2. The van der Waals surface area contributed by atoms with Crippen LogP contribution in [0, 0.1) is 0 Å². The average molecular weight is 470 g/mol. The number of methoxy groups -OCH3 is 2. The second-order valence-corrected chi connectivity index (χ2v) is 7.93. The van der Waals surface area contributed by atoms with Crippen molar-refractivity contribution in [3.8, 4) is 22.9 Å². The maximum Gasteiger partial charge on any atom is 0.237 e. The molecule has 2 aromatic carbocycles. The molecule has 0 spiro atoms. The third-order valence-electron chi connectivity index (χ3n) is 4.52. The molecule has 0 saturated heterocycles. The van der Waals surface area contributed by atoms with Crippen LogP contribution in [0.25, 0.3) is 11.4 Å². The van der Waals surface area contributed by atoms with Crippen molar-refractivity contribution in [2.75, 3.05) is 19.5 Å². The highest BCUT2D eigenvalue weighted by Crippen LogP contribution is 2.36. The number of ether oxygens (including phenoxy) is 2. The van der Waals surface area contributed by atoms with E-state index in [-0.39, 0.29) is 0 Å². The van der Waals surface area contributed by atoms with Crippen molar-refractivity contribution in [3.05, 3.63) is 71.3 Å². The topological polar surface area (TPSA) is 95.2 Å². The number of hydrogen-bond acceptors (Lipinski definition) is 9. The Hall–Kier alpha value is -3.30. The van der Waals surface area contributed by atoms with Crippen LogP contribution in [0.1, 0.15) is 11.5 Å². The van der Waals surface area contributed by atoms with Gasteiger partial charge in [-0.3, -0.25) is 0 Å². The number of thioether (sulfide) groups is 1. The SMILES string of the molecule is COc1cccc(-c2noc(CSc3cc(NCc4ccccc4Cl)ncn3)n2)c1OC. The van der Waals surface area contributed by atoms with E-state index in [1.165, 1.54) is 18.1 Å². The maximum absolute atomic E-state index is 6.21. The fraction of sp³-hybridized carbons (Fsp3) is 0.182. The first-order valence-electron chi connectivity index (χ1n) is 9.64. The number of anilines is 1. The third-order valence-corrected chi connectivity index (χ3v) is 5.79. The second kappa shape index (κ2) is 10.3. The Morgan fingerprint density at radius 1 is 1.06 bits per heavy atom. The summed E-state index contributed by atoms with van der Waals surface area (Å²) in [4.78, 5) is 13.0. The molecular weight excluding hydrogens is 450 g/mol. The molecule has 32 heavy (non-hydrogen) atoms. The van der Waals surface area contributed by atoms with Gasteiger partial charge in [0.2, 0.25) is 11.7 Å². The number of rotatable bonds is 9. The van der Waals surface area contributed by atoms with Gasteiger partial charge in [0, 0.05) is 17.6 Å². The minimum absolute atomic E-state index is 0.432. The molecule has 10 heteroatoms. The number of halogens is 1. The van der Waals surface area contributed by atoms with E-state index < -0.39 is 0 Å². The summed E-state index contributed by atoms with van der Waals surface area (Å²) in [6.07, 6.45) is 1.51. The molecule has 8 nitrogen and oxygen atoms in total. The van der Waals surface area contributed by atoms with E-state index in [2.05, 4.69) is 25.4 Å². The Labute approximate surface area is 194 Å². The van der Waals surface area contributed by atoms with E-state index in [0.29, 0.717) is 51.9 Å². The molecule has 0 saturated carbocycles. The molecule has 0 fully saturated rings. The number of aromatic nitrogens is 4. The Morgan fingerprint density at radius 2 is 1.94 bits per heavy atom. The molecule has 164 valence electrons. The molecule has 0 radical (unpaired) electrons. The summed E-state index contributed by atoms with van der Waals surface area (Å²) >= 11 is 7.68. The normalized spacial score (nSPS) is 10.7. The van der Waals surface area contributed by atoms with Crippen LogP contribution in [-0.4, -0.2) is 34.3 Å². The van der Waals surface area contributed by atoms with Crippen molar-refractivity contribution in [2.24, 2.45) is 0 Å². The molecule has 4 aromatic rings. The Balaban J connectivity index is 1.40. The van der Waals surface area contributed by atoms with Crippen LogP contribution in [0.4, 0.5) is 5.82 Å². The Kier molecular flexibility index (Phi) is 7.08. The van der Waals surface area contributed by atoms with Gasteiger partial charge in [-0.05, 0) is 23.8 Å². The molecule has 0 bridgehead atoms. The molecule has 0 unspecified atom stereocenters. The first-order chi connectivity index (χ1) is 15.7. The van der Waals surface area contributed by atoms with Crippen molar-refractivity contribution >= 4 is 29.2 Å². The fourth-order valence-electron chi connectivity index (χ4n) is 2.96. The number of benzene rings is 2.